The van der Waals surface area contributed by atoms with Crippen molar-refractivity contribution in [3.63, 3.8) is 0 Å². The van der Waals surface area contributed by atoms with Gasteiger partial charge in [0.25, 0.3) is 0 Å². The van der Waals surface area contributed by atoms with Crippen molar-refractivity contribution in [3.05, 3.63) is 65.2 Å². The lowest BCUT2D eigenvalue weighted by atomic mass is 9.79. The Morgan fingerprint density at radius 1 is 0.857 bits per heavy atom. The van der Waals surface area contributed by atoms with Gasteiger partial charge in [-0.3, -0.25) is 0 Å². The van der Waals surface area contributed by atoms with Crippen LogP contribution in [0.15, 0.2) is 48.5 Å². The maximum atomic E-state index is 5.72. The van der Waals surface area contributed by atoms with E-state index in [1.54, 1.807) is 0 Å². The van der Waals surface area contributed by atoms with Crippen molar-refractivity contribution in [2.45, 2.75) is 71.1 Å². The van der Waals surface area contributed by atoms with Crippen LogP contribution in [-0.2, 0) is 6.42 Å². The van der Waals surface area contributed by atoms with E-state index in [2.05, 4.69) is 62.1 Å². The molecule has 0 heterocycles. The van der Waals surface area contributed by atoms with Crippen molar-refractivity contribution >= 4 is 0 Å². The molecule has 0 radical (unpaired) electrons. The first kappa shape index (κ1) is 20.5. The third kappa shape index (κ3) is 6.16. The Morgan fingerprint density at radius 2 is 1.57 bits per heavy atom. The lowest BCUT2D eigenvalue weighted by molar-refractivity contribution is 0.309. The van der Waals surface area contributed by atoms with E-state index >= 15 is 0 Å². The summed E-state index contributed by atoms with van der Waals surface area (Å²) in [7, 11) is 0. The van der Waals surface area contributed by atoms with Gasteiger partial charge >= 0.3 is 0 Å². The molecular formula is C27H34O. The number of aryl methyl sites for hydroxylation is 1. The number of hydrogen-bond donors (Lipinski definition) is 0. The molecule has 0 atom stereocenters. The van der Waals surface area contributed by atoms with Crippen LogP contribution in [0.25, 0.3) is 0 Å². The van der Waals surface area contributed by atoms with Crippen LogP contribution in [0.4, 0.5) is 0 Å². The molecule has 2 aromatic carbocycles. The van der Waals surface area contributed by atoms with Crippen LogP contribution in [0.5, 0.6) is 5.75 Å². The van der Waals surface area contributed by atoms with Gasteiger partial charge in [0.05, 0.1) is 6.61 Å². The summed E-state index contributed by atoms with van der Waals surface area (Å²) in [5.41, 5.74) is 4.08. The quantitative estimate of drug-likeness (QED) is 0.369. The number of ether oxygens (including phenoxy) is 1. The fourth-order valence-corrected chi connectivity index (χ4v) is 3.97. The predicted molar refractivity (Wildman–Crippen MR) is 119 cm³/mol. The first-order chi connectivity index (χ1) is 13.8. The highest BCUT2D eigenvalue weighted by Crippen LogP contribution is 2.35. The van der Waals surface area contributed by atoms with Gasteiger partial charge in [0.1, 0.15) is 5.75 Å². The third-order valence-corrected chi connectivity index (χ3v) is 5.76. The molecule has 1 nitrogen and oxygen atoms in total. The Bertz CT molecular complexity index is 753. The van der Waals surface area contributed by atoms with E-state index in [9.17, 15) is 0 Å². The molecule has 1 aliphatic rings. The zero-order valence-electron chi connectivity index (χ0n) is 17.5. The summed E-state index contributed by atoms with van der Waals surface area (Å²) < 4.78 is 5.72. The first-order valence-corrected chi connectivity index (χ1v) is 11.1. The Kier molecular flexibility index (Phi) is 8.04. The molecule has 1 aliphatic carbocycles. The molecule has 0 unspecified atom stereocenters. The van der Waals surface area contributed by atoms with Crippen LogP contribution in [-0.4, -0.2) is 6.61 Å². The van der Waals surface area contributed by atoms with Crippen LogP contribution in [0.3, 0.4) is 0 Å². The highest BCUT2D eigenvalue weighted by atomic mass is 16.5. The van der Waals surface area contributed by atoms with Crippen LogP contribution >= 0.6 is 0 Å². The Morgan fingerprint density at radius 3 is 2.21 bits per heavy atom. The van der Waals surface area contributed by atoms with E-state index in [1.807, 2.05) is 12.1 Å². The van der Waals surface area contributed by atoms with Gasteiger partial charge in [-0.15, -0.1) is 0 Å². The second-order valence-corrected chi connectivity index (χ2v) is 8.04. The summed E-state index contributed by atoms with van der Waals surface area (Å²) >= 11 is 0. The summed E-state index contributed by atoms with van der Waals surface area (Å²) in [5, 5.41) is 0. The minimum atomic E-state index is 0.538. The third-order valence-electron chi connectivity index (χ3n) is 5.76. The van der Waals surface area contributed by atoms with Gasteiger partial charge in [0, 0.05) is 11.5 Å². The van der Waals surface area contributed by atoms with Gasteiger partial charge in [-0.2, -0.15) is 0 Å². The highest BCUT2D eigenvalue weighted by molar-refractivity contribution is 5.38. The summed E-state index contributed by atoms with van der Waals surface area (Å²) in [6, 6.07) is 17.6. The predicted octanol–water partition coefficient (Wildman–Crippen LogP) is 7.14. The average Bonchev–Trinajstić information content (AvgIpc) is 2.75. The lowest BCUT2D eigenvalue weighted by Crippen LogP contribution is -2.12. The van der Waals surface area contributed by atoms with Gasteiger partial charge in [-0.05, 0) is 79.8 Å². The van der Waals surface area contributed by atoms with Gasteiger partial charge in [-0.25, -0.2) is 0 Å². The molecule has 148 valence electrons. The lowest BCUT2D eigenvalue weighted by Gasteiger charge is -2.26. The van der Waals surface area contributed by atoms with Crippen molar-refractivity contribution in [2.24, 2.45) is 5.92 Å². The molecule has 1 heteroatoms. The molecule has 3 rings (SSSR count). The van der Waals surface area contributed by atoms with E-state index < -0.39 is 0 Å². The van der Waals surface area contributed by atoms with Crippen molar-refractivity contribution in [1.82, 2.24) is 0 Å². The van der Waals surface area contributed by atoms with E-state index in [-0.39, 0.29) is 0 Å². The summed E-state index contributed by atoms with van der Waals surface area (Å²) in [6.07, 6.45) is 9.63. The molecule has 1 fully saturated rings. The molecule has 0 spiro atoms. The topological polar surface area (TPSA) is 9.23 Å². The molecule has 0 saturated heterocycles. The fourth-order valence-electron chi connectivity index (χ4n) is 3.97. The van der Waals surface area contributed by atoms with Gasteiger partial charge < -0.3 is 4.74 Å². The second-order valence-electron chi connectivity index (χ2n) is 8.04. The summed E-state index contributed by atoms with van der Waals surface area (Å²) in [6.45, 7) is 5.22. The molecule has 0 aliphatic heterocycles. The maximum absolute atomic E-state index is 5.72. The summed E-state index contributed by atoms with van der Waals surface area (Å²) in [5.74, 6) is 9.10. The van der Waals surface area contributed by atoms with Crippen LogP contribution in [0.2, 0.25) is 0 Å². The normalized spacial score (nSPS) is 18.9. The van der Waals surface area contributed by atoms with Crippen LogP contribution in [0.1, 0.15) is 81.4 Å². The molecule has 2 aromatic rings. The molecule has 0 N–H and O–H groups in total. The highest BCUT2D eigenvalue weighted by Gasteiger charge is 2.21. The molecule has 0 aromatic heterocycles. The van der Waals surface area contributed by atoms with E-state index in [0.717, 1.165) is 30.8 Å². The SMILES string of the molecule is CCCCOc1ccc(C#C[C@H]2CC[C@H](c3ccc(CCC)cc3)CC2)cc1. The van der Waals surface area contributed by atoms with Gasteiger partial charge in [-0.1, -0.05) is 62.8 Å². The Labute approximate surface area is 171 Å². The van der Waals surface area contributed by atoms with Crippen LogP contribution < -0.4 is 4.74 Å². The summed E-state index contributed by atoms with van der Waals surface area (Å²) in [4.78, 5) is 0. The maximum Gasteiger partial charge on any atom is 0.119 e. The molecule has 0 amide bonds. The zero-order valence-corrected chi connectivity index (χ0v) is 17.5. The monoisotopic (exact) mass is 374 g/mol. The molecule has 28 heavy (non-hydrogen) atoms. The minimum absolute atomic E-state index is 0.538. The number of rotatable bonds is 7. The standard InChI is InChI=1S/C27H34O/c1-3-5-21-28-27-19-13-24(14-20-27)8-7-23-11-17-26(18-12-23)25-15-9-22(6-4-2)10-16-25/h9-10,13-16,19-20,23,26H,3-6,11-12,17-18,21H2,1-2H3/t23-,26-. The first-order valence-electron chi connectivity index (χ1n) is 11.1. The smallest absolute Gasteiger partial charge is 0.119 e. The van der Waals surface area contributed by atoms with E-state index in [4.69, 9.17) is 4.74 Å². The average molecular weight is 375 g/mol. The second kappa shape index (κ2) is 11.0. The van der Waals surface area contributed by atoms with Crippen molar-refractivity contribution in [2.75, 3.05) is 6.61 Å². The number of benzene rings is 2. The number of unbranched alkanes of at least 4 members (excludes halogenated alkanes) is 1. The van der Waals surface area contributed by atoms with Crippen LogP contribution in [0, 0.1) is 17.8 Å². The van der Waals surface area contributed by atoms with Crippen molar-refractivity contribution < 1.29 is 4.74 Å². The van der Waals surface area contributed by atoms with Crippen molar-refractivity contribution in [3.8, 4) is 17.6 Å². The minimum Gasteiger partial charge on any atom is -0.494 e. The Hall–Kier alpha value is -2.20. The number of hydrogen-bond acceptors (Lipinski definition) is 1. The largest absolute Gasteiger partial charge is 0.494 e. The van der Waals surface area contributed by atoms with E-state index in [1.165, 1.54) is 49.7 Å². The van der Waals surface area contributed by atoms with Gasteiger partial charge in [0.2, 0.25) is 0 Å². The zero-order chi connectivity index (χ0) is 19.6. The molecule has 1 saturated carbocycles. The van der Waals surface area contributed by atoms with Crippen molar-refractivity contribution in [1.29, 1.82) is 0 Å². The Balaban J connectivity index is 1.48. The molecule has 0 bridgehead atoms. The molecular weight excluding hydrogens is 340 g/mol. The van der Waals surface area contributed by atoms with E-state index in [0.29, 0.717) is 11.8 Å². The fraction of sp³-hybridized carbons (Fsp3) is 0.481. The van der Waals surface area contributed by atoms with Gasteiger partial charge in [0.15, 0.2) is 0 Å².